The van der Waals surface area contributed by atoms with Crippen molar-refractivity contribution in [2.45, 2.75) is 52.6 Å². The Balaban J connectivity index is 1.65. The van der Waals surface area contributed by atoms with Crippen LogP contribution in [0.2, 0.25) is 5.02 Å². The zero-order valence-electron chi connectivity index (χ0n) is 21.8. The number of ketones is 1. The Kier molecular flexibility index (Phi) is 7.01. The molecule has 3 aromatic rings. The van der Waals surface area contributed by atoms with Gasteiger partial charge in [-0.1, -0.05) is 59.6 Å². The number of hydrogen-bond acceptors (Lipinski definition) is 5. The van der Waals surface area contributed by atoms with Crippen LogP contribution in [0.4, 0.5) is 5.69 Å². The standard InChI is InChI=1S/C32H30ClN3O2/c1-19-15-22(18-38-29-14-7-5-10-25(29)33)21(3)23(16-19)30-24(17-34)32(35)36(26-11-6-4-9-20(26)2)27-12-8-13-28(37)31(27)30/h4-7,9-11,14-16,30H,8,12-13,18,35H2,1-3H3. The van der Waals surface area contributed by atoms with Crippen LogP contribution in [0, 0.1) is 32.1 Å². The Morgan fingerprint density at radius 3 is 2.55 bits per heavy atom. The first-order valence-electron chi connectivity index (χ1n) is 12.8. The molecule has 38 heavy (non-hydrogen) atoms. The van der Waals surface area contributed by atoms with Crippen LogP contribution >= 0.6 is 11.6 Å². The lowest BCUT2D eigenvalue weighted by Gasteiger charge is -2.40. The fraction of sp³-hybridized carbons (Fsp3) is 0.250. The molecule has 1 atom stereocenters. The minimum atomic E-state index is -0.526. The predicted molar refractivity (Wildman–Crippen MR) is 151 cm³/mol. The second-order valence-corrected chi connectivity index (χ2v) is 10.4. The number of benzene rings is 3. The summed E-state index contributed by atoms with van der Waals surface area (Å²) in [4.78, 5) is 15.5. The van der Waals surface area contributed by atoms with E-state index in [-0.39, 0.29) is 5.78 Å². The van der Waals surface area contributed by atoms with Crippen molar-refractivity contribution in [2.24, 2.45) is 5.73 Å². The third-order valence-corrected chi connectivity index (χ3v) is 7.81. The number of nitriles is 1. The lowest BCUT2D eigenvalue weighted by Crippen LogP contribution is -2.39. The quantitative estimate of drug-likeness (QED) is 0.384. The van der Waals surface area contributed by atoms with Crippen LogP contribution in [0.1, 0.15) is 53.0 Å². The summed E-state index contributed by atoms with van der Waals surface area (Å²) in [6, 6.07) is 21.8. The molecule has 1 unspecified atom stereocenters. The van der Waals surface area contributed by atoms with Gasteiger partial charge in [0.05, 0.1) is 28.3 Å². The number of aryl methyl sites for hydroxylation is 2. The maximum absolute atomic E-state index is 13.6. The molecule has 2 aliphatic rings. The van der Waals surface area contributed by atoms with Gasteiger partial charge in [-0.15, -0.1) is 0 Å². The van der Waals surface area contributed by atoms with Crippen LogP contribution in [0.5, 0.6) is 5.75 Å². The van der Waals surface area contributed by atoms with Crippen molar-refractivity contribution in [3.63, 3.8) is 0 Å². The number of nitrogens with two attached hydrogens (primary N) is 1. The smallest absolute Gasteiger partial charge is 0.161 e. The number of carbonyl (C=O) groups is 1. The number of Topliss-reactive ketones (excluding diaryl/α,β-unsaturated/α-hetero) is 1. The molecule has 0 saturated carbocycles. The maximum Gasteiger partial charge on any atom is 0.161 e. The number of carbonyl (C=O) groups excluding carboxylic acids is 1. The lowest BCUT2D eigenvalue weighted by atomic mass is 9.73. The van der Waals surface area contributed by atoms with Crippen LogP contribution in [0.25, 0.3) is 0 Å². The largest absolute Gasteiger partial charge is 0.487 e. The first-order chi connectivity index (χ1) is 18.3. The van der Waals surface area contributed by atoms with Gasteiger partial charge in [-0.2, -0.15) is 5.26 Å². The summed E-state index contributed by atoms with van der Waals surface area (Å²) >= 11 is 6.31. The summed E-state index contributed by atoms with van der Waals surface area (Å²) in [5.41, 5.74) is 14.6. The molecule has 0 aromatic heterocycles. The van der Waals surface area contributed by atoms with Crippen molar-refractivity contribution >= 4 is 23.1 Å². The van der Waals surface area contributed by atoms with E-state index in [9.17, 15) is 10.1 Å². The third-order valence-electron chi connectivity index (χ3n) is 7.50. The SMILES string of the molecule is Cc1cc(COc2ccccc2Cl)c(C)c(C2C(C#N)=C(N)N(c3ccccc3C)C3=C2C(=O)CCC3)c1. The fourth-order valence-electron chi connectivity index (χ4n) is 5.62. The van der Waals surface area contributed by atoms with Gasteiger partial charge in [-0.05, 0) is 74.1 Å². The molecule has 0 saturated heterocycles. The number of para-hydroxylation sites is 2. The first-order valence-corrected chi connectivity index (χ1v) is 13.2. The highest BCUT2D eigenvalue weighted by Crippen LogP contribution is 2.48. The third kappa shape index (κ3) is 4.46. The van der Waals surface area contributed by atoms with Gasteiger partial charge in [0.25, 0.3) is 0 Å². The summed E-state index contributed by atoms with van der Waals surface area (Å²) in [7, 11) is 0. The lowest BCUT2D eigenvalue weighted by molar-refractivity contribution is -0.116. The van der Waals surface area contributed by atoms with E-state index >= 15 is 0 Å². The van der Waals surface area contributed by atoms with Gasteiger partial charge in [0.15, 0.2) is 5.78 Å². The number of nitrogens with zero attached hydrogens (tertiary/aromatic N) is 2. The van der Waals surface area contributed by atoms with Crippen molar-refractivity contribution in [1.82, 2.24) is 0 Å². The number of allylic oxidation sites excluding steroid dienone is 3. The normalized spacial score (nSPS) is 17.4. The molecule has 1 heterocycles. The molecule has 0 fully saturated rings. The van der Waals surface area contributed by atoms with Crippen LogP contribution in [0.15, 0.2) is 83.3 Å². The van der Waals surface area contributed by atoms with E-state index in [0.29, 0.717) is 40.8 Å². The molecule has 0 amide bonds. The molecule has 192 valence electrons. The van der Waals surface area contributed by atoms with Crippen LogP contribution in [0.3, 0.4) is 0 Å². The Hall–Kier alpha value is -4.01. The van der Waals surface area contributed by atoms with Gasteiger partial charge < -0.3 is 10.5 Å². The molecule has 1 aliphatic carbocycles. The number of anilines is 1. The van der Waals surface area contributed by atoms with Crippen LogP contribution in [-0.2, 0) is 11.4 Å². The van der Waals surface area contributed by atoms with Gasteiger partial charge in [0.2, 0.25) is 0 Å². The van der Waals surface area contributed by atoms with Gasteiger partial charge in [0.1, 0.15) is 18.2 Å². The van der Waals surface area contributed by atoms with Gasteiger partial charge in [-0.25, -0.2) is 0 Å². The van der Waals surface area contributed by atoms with E-state index in [2.05, 4.69) is 18.2 Å². The molecular weight excluding hydrogens is 494 g/mol. The summed E-state index contributed by atoms with van der Waals surface area (Å²) in [5, 5.41) is 11.0. The van der Waals surface area contributed by atoms with Crippen molar-refractivity contribution in [2.75, 3.05) is 4.90 Å². The van der Waals surface area contributed by atoms with Gasteiger partial charge >= 0.3 is 0 Å². The Morgan fingerprint density at radius 1 is 1.08 bits per heavy atom. The van der Waals surface area contributed by atoms with Crippen molar-refractivity contribution in [3.05, 3.63) is 116 Å². The second-order valence-electron chi connectivity index (χ2n) is 9.96. The predicted octanol–water partition coefficient (Wildman–Crippen LogP) is 7.15. The summed E-state index contributed by atoms with van der Waals surface area (Å²) < 4.78 is 6.07. The van der Waals surface area contributed by atoms with E-state index in [4.69, 9.17) is 22.1 Å². The molecule has 1 aliphatic heterocycles. The maximum atomic E-state index is 13.6. The van der Waals surface area contributed by atoms with Crippen molar-refractivity contribution < 1.29 is 9.53 Å². The van der Waals surface area contributed by atoms with Crippen molar-refractivity contribution in [1.29, 1.82) is 5.26 Å². The van der Waals surface area contributed by atoms with E-state index in [1.807, 2.05) is 68.1 Å². The average Bonchev–Trinajstić information content (AvgIpc) is 2.90. The minimum absolute atomic E-state index is 0.0739. The second kappa shape index (κ2) is 10.4. The molecule has 3 aromatic carbocycles. The van der Waals surface area contributed by atoms with Crippen LogP contribution in [-0.4, -0.2) is 5.78 Å². The van der Waals surface area contributed by atoms with E-state index in [1.54, 1.807) is 6.07 Å². The number of rotatable bonds is 5. The zero-order valence-corrected chi connectivity index (χ0v) is 22.6. The molecule has 2 N–H and O–H groups in total. The molecule has 6 heteroatoms. The minimum Gasteiger partial charge on any atom is -0.487 e. The Labute approximate surface area is 228 Å². The summed E-state index contributed by atoms with van der Waals surface area (Å²) in [6.07, 6.45) is 1.94. The molecule has 0 spiro atoms. The van der Waals surface area contributed by atoms with Gasteiger partial charge in [0, 0.05) is 17.7 Å². The number of ether oxygens (including phenoxy) is 1. The van der Waals surface area contributed by atoms with Crippen molar-refractivity contribution in [3.8, 4) is 11.8 Å². The highest BCUT2D eigenvalue weighted by Gasteiger charge is 2.41. The number of hydrogen-bond donors (Lipinski definition) is 1. The average molecular weight is 524 g/mol. The first kappa shape index (κ1) is 25.6. The highest BCUT2D eigenvalue weighted by atomic mass is 35.5. The van der Waals surface area contributed by atoms with Gasteiger partial charge in [-0.3, -0.25) is 9.69 Å². The molecule has 5 nitrogen and oxygen atoms in total. The Bertz CT molecular complexity index is 1550. The molecular formula is C32H30ClN3O2. The van der Waals surface area contributed by atoms with E-state index in [0.717, 1.165) is 52.0 Å². The Morgan fingerprint density at radius 2 is 1.82 bits per heavy atom. The monoisotopic (exact) mass is 523 g/mol. The topological polar surface area (TPSA) is 79.3 Å². The van der Waals surface area contributed by atoms with Crippen LogP contribution < -0.4 is 15.4 Å². The zero-order chi connectivity index (χ0) is 27.0. The molecule has 5 rings (SSSR count). The molecule has 0 radical (unpaired) electrons. The fourth-order valence-corrected chi connectivity index (χ4v) is 5.81. The summed E-state index contributed by atoms with van der Waals surface area (Å²) in [5.74, 6) is 0.541. The van der Waals surface area contributed by atoms with E-state index < -0.39 is 5.92 Å². The summed E-state index contributed by atoms with van der Waals surface area (Å²) in [6.45, 7) is 6.36. The number of halogens is 1. The van der Waals surface area contributed by atoms with E-state index in [1.165, 1.54) is 0 Å². The molecule has 0 bridgehead atoms. The highest BCUT2D eigenvalue weighted by molar-refractivity contribution is 6.32.